The summed E-state index contributed by atoms with van der Waals surface area (Å²) in [5.74, 6) is 0.132. The summed E-state index contributed by atoms with van der Waals surface area (Å²) in [6, 6.07) is -0.308. The van der Waals surface area contributed by atoms with Crippen molar-refractivity contribution < 1.29 is 14.3 Å². The minimum atomic E-state index is -0.308. The van der Waals surface area contributed by atoms with E-state index >= 15 is 0 Å². The van der Waals surface area contributed by atoms with Gasteiger partial charge in [-0.05, 0) is 41.7 Å². The van der Waals surface area contributed by atoms with Crippen molar-refractivity contribution in [2.24, 2.45) is 0 Å². The molecule has 3 atom stereocenters. The van der Waals surface area contributed by atoms with E-state index in [1.54, 1.807) is 4.90 Å². The van der Waals surface area contributed by atoms with Crippen molar-refractivity contribution in [3.05, 3.63) is 0 Å². The zero-order valence-electron chi connectivity index (χ0n) is 14.8. The number of amides is 2. The van der Waals surface area contributed by atoms with Crippen LogP contribution in [0.4, 0.5) is 0 Å². The Balaban J connectivity index is 2.60. The van der Waals surface area contributed by atoms with Crippen LogP contribution in [0.3, 0.4) is 0 Å². The fourth-order valence-corrected chi connectivity index (χ4v) is 2.84. The number of carbonyl (C=O) groups excluding carboxylic acids is 2. The van der Waals surface area contributed by atoms with Crippen molar-refractivity contribution in [1.29, 1.82) is 0 Å². The zero-order chi connectivity index (χ0) is 16.9. The van der Waals surface area contributed by atoms with E-state index in [4.69, 9.17) is 4.74 Å². The number of hydrogen-bond donors (Lipinski definition) is 0. The topological polar surface area (TPSA) is 53.1 Å². The maximum atomic E-state index is 12.6. The number of likely N-dealkylation sites (N-methyl/N-ethyl adjacent to an activating group) is 2. The first kappa shape index (κ1) is 18.9. The molecule has 3 unspecified atom stereocenters. The van der Waals surface area contributed by atoms with Crippen LogP contribution in [0.2, 0.25) is 0 Å². The number of hydrogen-bond acceptors (Lipinski definition) is 4. The average molecular weight is 313 g/mol. The summed E-state index contributed by atoms with van der Waals surface area (Å²) >= 11 is 0. The van der Waals surface area contributed by atoms with Crippen LogP contribution in [-0.2, 0) is 14.3 Å². The summed E-state index contributed by atoms with van der Waals surface area (Å²) in [5, 5.41) is 0. The van der Waals surface area contributed by atoms with Gasteiger partial charge in [-0.3, -0.25) is 14.5 Å². The lowest BCUT2D eigenvalue weighted by atomic mass is 10.2. The summed E-state index contributed by atoms with van der Waals surface area (Å²) < 4.78 is 5.66. The van der Waals surface area contributed by atoms with Gasteiger partial charge in [0.1, 0.15) is 0 Å². The molecule has 0 N–H and O–H groups in total. The first-order valence-electron chi connectivity index (χ1n) is 8.22. The minimum absolute atomic E-state index is 0.0579. The fourth-order valence-electron chi connectivity index (χ4n) is 2.84. The van der Waals surface area contributed by atoms with Gasteiger partial charge in [0, 0.05) is 26.2 Å². The number of carbonyl (C=O) groups is 2. The molecule has 22 heavy (non-hydrogen) atoms. The maximum absolute atomic E-state index is 12.6. The smallest absolute Gasteiger partial charge is 0.239 e. The zero-order valence-corrected chi connectivity index (χ0v) is 14.8. The highest BCUT2D eigenvalue weighted by Gasteiger charge is 2.31. The third-order valence-electron chi connectivity index (χ3n) is 4.25. The largest absolute Gasteiger partial charge is 0.372 e. The Morgan fingerprint density at radius 2 is 1.68 bits per heavy atom. The van der Waals surface area contributed by atoms with E-state index < -0.39 is 0 Å². The van der Waals surface area contributed by atoms with Gasteiger partial charge in [-0.1, -0.05) is 0 Å². The first-order valence-corrected chi connectivity index (χ1v) is 8.22. The predicted octanol–water partition coefficient (Wildman–Crippen LogP) is 0.811. The molecule has 1 saturated heterocycles. The molecule has 0 aromatic rings. The predicted molar refractivity (Wildman–Crippen MR) is 86.6 cm³/mol. The Morgan fingerprint density at radius 1 is 1.18 bits per heavy atom. The van der Waals surface area contributed by atoms with Crippen molar-refractivity contribution in [3.8, 4) is 0 Å². The molecule has 0 spiro atoms. The maximum Gasteiger partial charge on any atom is 0.239 e. The fraction of sp³-hybridized carbons (Fsp3) is 0.875. The van der Waals surface area contributed by atoms with Crippen LogP contribution in [0.25, 0.3) is 0 Å². The van der Waals surface area contributed by atoms with Crippen LogP contribution in [-0.4, -0.2) is 84.5 Å². The van der Waals surface area contributed by atoms with Crippen LogP contribution >= 0.6 is 0 Å². The van der Waals surface area contributed by atoms with E-state index in [9.17, 15) is 9.59 Å². The molecule has 128 valence electrons. The first-order chi connectivity index (χ1) is 10.3. The molecular formula is C16H31N3O3. The van der Waals surface area contributed by atoms with Gasteiger partial charge in [-0.2, -0.15) is 0 Å². The van der Waals surface area contributed by atoms with Gasteiger partial charge in [0.15, 0.2) is 0 Å². The molecule has 1 fully saturated rings. The molecule has 0 aliphatic carbocycles. The van der Waals surface area contributed by atoms with E-state index in [-0.39, 0.29) is 36.6 Å². The number of nitrogens with zero attached hydrogens (tertiary/aromatic N) is 3. The molecule has 1 aliphatic rings. The molecule has 0 aromatic heterocycles. The number of ether oxygens (including phenoxy) is 1. The highest BCUT2D eigenvalue weighted by molar-refractivity contribution is 5.83. The van der Waals surface area contributed by atoms with Crippen molar-refractivity contribution in [2.45, 2.75) is 52.9 Å². The average Bonchev–Trinajstić information content (AvgIpc) is 2.45. The monoisotopic (exact) mass is 313 g/mol. The Kier molecular flexibility index (Phi) is 7.29. The Labute approximate surface area is 134 Å². The molecular weight excluding hydrogens is 282 g/mol. The normalized spacial score (nSPS) is 23.5. The Hall–Kier alpha value is -1.14. The lowest BCUT2D eigenvalue weighted by Gasteiger charge is -2.38. The second-order valence-electron chi connectivity index (χ2n) is 6.16. The van der Waals surface area contributed by atoms with E-state index in [1.807, 2.05) is 51.5 Å². The Bertz CT molecular complexity index is 375. The van der Waals surface area contributed by atoms with Crippen LogP contribution in [0.15, 0.2) is 0 Å². The number of morpholine rings is 1. The summed E-state index contributed by atoms with van der Waals surface area (Å²) in [4.78, 5) is 30.2. The summed E-state index contributed by atoms with van der Waals surface area (Å²) in [7, 11) is 1.83. The molecule has 6 heteroatoms. The van der Waals surface area contributed by atoms with Crippen LogP contribution < -0.4 is 0 Å². The van der Waals surface area contributed by atoms with Crippen molar-refractivity contribution >= 4 is 11.8 Å². The van der Waals surface area contributed by atoms with Gasteiger partial charge < -0.3 is 14.5 Å². The minimum Gasteiger partial charge on any atom is -0.372 e. The van der Waals surface area contributed by atoms with Gasteiger partial charge in [0.2, 0.25) is 11.8 Å². The number of rotatable bonds is 6. The SMILES string of the molecule is CCN(CC)C(=O)CN(C)C(C)C(=O)N1CC(C)OC(C)C1. The summed E-state index contributed by atoms with van der Waals surface area (Å²) in [6.07, 6.45) is 0.116. The van der Waals surface area contributed by atoms with Crippen molar-refractivity contribution in [2.75, 3.05) is 39.8 Å². The summed E-state index contributed by atoms with van der Waals surface area (Å²) in [5.41, 5.74) is 0. The lowest BCUT2D eigenvalue weighted by molar-refractivity contribution is -0.148. The second kappa shape index (κ2) is 8.48. The van der Waals surface area contributed by atoms with Crippen LogP contribution in [0.1, 0.15) is 34.6 Å². The van der Waals surface area contributed by atoms with Gasteiger partial charge in [0.05, 0.1) is 24.8 Å². The van der Waals surface area contributed by atoms with Crippen molar-refractivity contribution in [1.82, 2.24) is 14.7 Å². The molecule has 1 rings (SSSR count). The molecule has 1 aliphatic heterocycles. The Morgan fingerprint density at radius 3 is 2.14 bits per heavy atom. The lowest BCUT2D eigenvalue weighted by Crippen LogP contribution is -2.54. The summed E-state index contributed by atoms with van der Waals surface area (Å²) in [6.45, 7) is 12.7. The highest BCUT2D eigenvalue weighted by atomic mass is 16.5. The third-order valence-corrected chi connectivity index (χ3v) is 4.25. The van der Waals surface area contributed by atoms with Gasteiger partial charge >= 0.3 is 0 Å². The molecule has 2 amide bonds. The quantitative estimate of drug-likeness (QED) is 0.728. The van der Waals surface area contributed by atoms with E-state index in [1.165, 1.54) is 0 Å². The van der Waals surface area contributed by atoms with E-state index in [0.717, 1.165) is 0 Å². The van der Waals surface area contributed by atoms with Crippen molar-refractivity contribution in [3.63, 3.8) is 0 Å². The van der Waals surface area contributed by atoms with Gasteiger partial charge in [0.25, 0.3) is 0 Å². The molecule has 0 saturated carbocycles. The van der Waals surface area contributed by atoms with E-state index in [0.29, 0.717) is 26.2 Å². The molecule has 1 heterocycles. The van der Waals surface area contributed by atoms with Gasteiger partial charge in [-0.15, -0.1) is 0 Å². The molecule has 6 nitrogen and oxygen atoms in total. The van der Waals surface area contributed by atoms with Gasteiger partial charge in [-0.25, -0.2) is 0 Å². The third kappa shape index (κ3) is 4.95. The van der Waals surface area contributed by atoms with Crippen LogP contribution in [0, 0.1) is 0 Å². The van der Waals surface area contributed by atoms with E-state index in [2.05, 4.69) is 0 Å². The second-order valence-corrected chi connectivity index (χ2v) is 6.16. The molecule has 0 radical (unpaired) electrons. The highest BCUT2D eigenvalue weighted by Crippen LogP contribution is 2.13. The molecule has 0 bridgehead atoms. The van der Waals surface area contributed by atoms with Crippen LogP contribution in [0.5, 0.6) is 0 Å². The molecule has 0 aromatic carbocycles. The standard InChI is InChI=1S/C16H31N3O3/c1-7-18(8-2)15(20)11-17(6)14(5)16(21)19-9-12(3)22-13(4)10-19/h12-14H,7-11H2,1-6H3.